The van der Waals surface area contributed by atoms with Crippen molar-refractivity contribution in [3.05, 3.63) is 12.7 Å². The summed E-state index contributed by atoms with van der Waals surface area (Å²) in [6, 6.07) is 0. The first-order valence-corrected chi connectivity index (χ1v) is 5.43. The average molecular weight is 274 g/mol. The first-order valence-electron chi connectivity index (χ1n) is 6.51. The summed E-state index contributed by atoms with van der Waals surface area (Å²) in [5.74, 6) is 0.129. The lowest BCUT2D eigenvalue weighted by atomic mass is 10.5. The van der Waals surface area contributed by atoms with Gasteiger partial charge in [-0.1, -0.05) is 0 Å². The maximum Gasteiger partial charge on any atom is 0.167 e. The molecule has 1 saturated heterocycles. The fourth-order valence-electron chi connectivity index (χ4n) is 1.99. The Bertz CT molecular complexity index is 683. The van der Waals surface area contributed by atoms with Gasteiger partial charge in [-0.05, 0) is 0 Å². The minimum Gasteiger partial charge on any atom is -0.394 e. The van der Waals surface area contributed by atoms with Crippen molar-refractivity contribution in [2.75, 3.05) is 12.3 Å². The molecule has 5 N–H and O–H groups in total. The molecule has 102 valence electrons. The molecule has 9 nitrogen and oxygen atoms in total. The van der Waals surface area contributed by atoms with Crippen molar-refractivity contribution in [3.63, 3.8) is 0 Å². The van der Waals surface area contributed by atoms with Crippen molar-refractivity contribution < 1.29 is 22.8 Å². The van der Waals surface area contributed by atoms with Gasteiger partial charge in [0.25, 0.3) is 0 Å². The molecule has 1 aliphatic heterocycles. The highest BCUT2D eigenvalue weighted by Crippen LogP contribution is 2.31. The topological polar surface area (TPSA) is 140 Å². The van der Waals surface area contributed by atoms with Crippen LogP contribution < -0.4 is 5.73 Å². The molecule has 0 saturated carbocycles. The van der Waals surface area contributed by atoms with Crippen LogP contribution in [0.3, 0.4) is 0 Å². The first-order chi connectivity index (χ1) is 9.86. The summed E-state index contributed by atoms with van der Waals surface area (Å²) in [6.07, 6.45) is -4.47. The number of fused-ring (bicyclic) bond motifs is 1. The van der Waals surface area contributed by atoms with E-state index in [1.165, 1.54) is 17.2 Å². The van der Waals surface area contributed by atoms with E-state index in [1.807, 2.05) is 0 Å². The number of nitrogens with two attached hydrogens (primary N) is 1. The maximum absolute atomic E-state index is 10.0. The van der Waals surface area contributed by atoms with E-state index >= 15 is 0 Å². The molecule has 2 aromatic rings. The SMILES string of the molecule is [2H][13CH](O)[13C@@]1([2H])O[13C@@H](n2cnc3c(N)ncnc32)[13C@H](O)[13C@@H]1O. The molecule has 0 radical (unpaired) electrons. The van der Waals surface area contributed by atoms with Crippen molar-refractivity contribution in [2.24, 2.45) is 0 Å². The molecule has 0 bridgehead atoms. The summed E-state index contributed by atoms with van der Waals surface area (Å²) in [7, 11) is 0. The van der Waals surface area contributed by atoms with Crippen LogP contribution in [0, 0.1) is 0 Å². The zero-order valence-electron chi connectivity index (χ0n) is 11.6. The van der Waals surface area contributed by atoms with E-state index < -0.39 is 31.1 Å². The Labute approximate surface area is 110 Å². The van der Waals surface area contributed by atoms with Crippen LogP contribution in [-0.2, 0) is 4.74 Å². The van der Waals surface area contributed by atoms with Crippen molar-refractivity contribution >= 4 is 17.0 Å². The Morgan fingerprint density at radius 3 is 2.89 bits per heavy atom. The standard InChI is InChI=1S/C10H13N5O4/c11-8-5-9(13-2-12-8)15(3-14-5)10-7(18)6(17)4(1-16)19-10/h2-4,6-7,10,16-18H,1H2,(H2,11,12,13)/t4-,6-,7-,10-/m1/s1/i1+1D,4+1D,6+1,7+1,10+1/t1?,4-,6-,7-,10-. The third-order valence-electron chi connectivity index (χ3n) is 2.95. The fraction of sp³-hybridized carbons (Fsp3) is 0.500. The third kappa shape index (κ3) is 1.75. The normalized spacial score (nSPS) is 38.2. The van der Waals surface area contributed by atoms with E-state index in [1.54, 1.807) is 0 Å². The van der Waals surface area contributed by atoms with Crippen molar-refractivity contribution in [1.29, 1.82) is 0 Å². The molecule has 0 spiro atoms. The van der Waals surface area contributed by atoms with Gasteiger partial charge in [0.1, 0.15) is 30.1 Å². The van der Waals surface area contributed by atoms with Crippen LogP contribution in [0.2, 0.25) is 0 Å². The maximum atomic E-state index is 10.0. The van der Waals surface area contributed by atoms with Crippen molar-refractivity contribution in [1.82, 2.24) is 19.5 Å². The summed E-state index contributed by atoms with van der Waals surface area (Å²) in [5, 5.41) is 29.2. The Morgan fingerprint density at radius 1 is 1.42 bits per heavy atom. The van der Waals surface area contributed by atoms with Gasteiger partial charge in [0.2, 0.25) is 0 Å². The zero-order chi connectivity index (χ0) is 15.4. The number of rotatable bonds is 2. The Balaban J connectivity index is 2.06. The van der Waals surface area contributed by atoms with Gasteiger partial charge in [0.05, 0.1) is 15.7 Å². The quantitative estimate of drug-likeness (QED) is 0.462. The molecule has 3 rings (SSSR count). The Morgan fingerprint density at radius 2 is 2.21 bits per heavy atom. The van der Waals surface area contributed by atoms with Gasteiger partial charge < -0.3 is 25.8 Å². The number of hydrogen-bond donors (Lipinski definition) is 4. The molecule has 5 atom stereocenters. The second kappa shape index (κ2) is 4.38. The van der Waals surface area contributed by atoms with Crippen LogP contribution in [0.4, 0.5) is 5.82 Å². The van der Waals surface area contributed by atoms with E-state index in [4.69, 9.17) is 13.2 Å². The summed E-state index contributed by atoms with van der Waals surface area (Å²) < 4.78 is 21.4. The van der Waals surface area contributed by atoms with Crippen molar-refractivity contribution in [2.45, 2.75) is 24.5 Å². The largest absolute Gasteiger partial charge is 0.394 e. The van der Waals surface area contributed by atoms with Gasteiger partial charge in [0, 0.05) is 0 Å². The van der Waals surface area contributed by atoms with Crippen LogP contribution in [0.25, 0.3) is 11.2 Å². The number of nitrogens with zero attached hydrogens (tertiary/aromatic N) is 4. The summed E-state index contributed by atoms with van der Waals surface area (Å²) in [4.78, 5) is 11.7. The van der Waals surface area contributed by atoms with Gasteiger partial charge in [-0.15, -0.1) is 0 Å². The molecular formula is C10H13N5O4. The molecule has 3 heterocycles. The summed E-state index contributed by atoms with van der Waals surface area (Å²) in [6.45, 7) is -2.05. The number of nitrogen functional groups attached to an aromatic ring is 1. The molecule has 1 aliphatic rings. The highest BCUT2D eigenvalue weighted by Gasteiger charge is 2.43. The highest BCUT2D eigenvalue weighted by molar-refractivity contribution is 5.81. The number of aliphatic hydroxyl groups excluding tert-OH is 3. The first kappa shape index (κ1) is 10.0. The minimum atomic E-state index is -2.38. The monoisotopic (exact) mass is 274 g/mol. The Hall–Kier alpha value is -1.81. The lowest BCUT2D eigenvalue weighted by Crippen LogP contribution is -2.33. The van der Waals surface area contributed by atoms with E-state index in [0.29, 0.717) is 0 Å². The molecule has 1 fully saturated rings. The van der Waals surface area contributed by atoms with Crippen LogP contribution in [0.1, 0.15) is 8.97 Å². The van der Waals surface area contributed by atoms with Gasteiger partial charge in [-0.3, -0.25) is 4.57 Å². The number of imidazole rings is 1. The van der Waals surface area contributed by atoms with Gasteiger partial charge >= 0.3 is 0 Å². The second-order valence-corrected chi connectivity index (χ2v) is 4.06. The molecule has 0 amide bonds. The molecule has 2 aromatic heterocycles. The van der Waals surface area contributed by atoms with E-state index in [0.717, 1.165) is 0 Å². The van der Waals surface area contributed by atoms with Gasteiger partial charge in [-0.2, -0.15) is 0 Å². The summed E-state index contributed by atoms with van der Waals surface area (Å²) >= 11 is 0. The number of ether oxygens (including phenoxy) is 1. The van der Waals surface area contributed by atoms with E-state index in [-0.39, 0.29) is 17.0 Å². The molecular weight excluding hydrogens is 259 g/mol. The second-order valence-electron chi connectivity index (χ2n) is 4.06. The predicted molar refractivity (Wildman–Crippen MR) is 62.7 cm³/mol. The number of anilines is 1. The van der Waals surface area contributed by atoms with Crippen LogP contribution in [-0.4, -0.2) is 59.7 Å². The van der Waals surface area contributed by atoms with Crippen LogP contribution in [0.5, 0.6) is 0 Å². The van der Waals surface area contributed by atoms with E-state index in [9.17, 15) is 15.3 Å². The predicted octanol–water partition coefficient (Wildman–Crippen LogP) is -1.98. The van der Waals surface area contributed by atoms with Gasteiger partial charge in [0.15, 0.2) is 17.7 Å². The van der Waals surface area contributed by atoms with E-state index in [2.05, 4.69) is 15.0 Å². The molecule has 9 heteroatoms. The molecule has 0 aliphatic carbocycles. The Kier molecular flexibility index (Phi) is 2.32. The molecule has 1 unspecified atom stereocenters. The molecule has 19 heavy (non-hydrogen) atoms. The molecule has 0 aromatic carbocycles. The minimum absolute atomic E-state index is 0.129. The van der Waals surface area contributed by atoms with Crippen LogP contribution >= 0.6 is 0 Å². The van der Waals surface area contributed by atoms with Crippen LogP contribution in [0.15, 0.2) is 12.7 Å². The lowest BCUT2D eigenvalue weighted by Gasteiger charge is -2.16. The zero-order valence-corrected chi connectivity index (χ0v) is 9.58. The number of hydrogen-bond acceptors (Lipinski definition) is 8. The van der Waals surface area contributed by atoms with Crippen molar-refractivity contribution in [3.8, 4) is 0 Å². The number of aliphatic hydroxyl groups is 3. The smallest absolute Gasteiger partial charge is 0.167 e. The fourth-order valence-corrected chi connectivity index (χ4v) is 1.99. The lowest BCUT2D eigenvalue weighted by molar-refractivity contribution is -0.0511. The number of aromatic nitrogens is 4. The highest BCUT2D eigenvalue weighted by atomic mass is 16.8. The summed E-state index contributed by atoms with van der Waals surface area (Å²) in [5.41, 5.74) is 6.16. The average Bonchev–Trinajstić information content (AvgIpc) is 2.96. The third-order valence-corrected chi connectivity index (χ3v) is 2.95. The van der Waals surface area contributed by atoms with Gasteiger partial charge in [-0.25, -0.2) is 15.0 Å².